The molecule has 10 nitrogen and oxygen atoms in total. The highest BCUT2D eigenvalue weighted by molar-refractivity contribution is 6.36. The van der Waals surface area contributed by atoms with E-state index in [0.29, 0.717) is 60.7 Å². The maximum atomic E-state index is 14.0. The van der Waals surface area contributed by atoms with Gasteiger partial charge in [-0.2, -0.15) is 15.5 Å². The fraction of sp³-hybridized carbons (Fsp3) is 0.378. The Morgan fingerprint density at radius 2 is 1.88 bits per heavy atom. The number of hydrogen-bond donors (Lipinski definition) is 0. The van der Waals surface area contributed by atoms with Crippen LogP contribution >= 0.6 is 11.6 Å². The fourth-order valence-electron chi connectivity index (χ4n) is 7.49. The zero-order valence-electron chi connectivity index (χ0n) is 27.5. The summed E-state index contributed by atoms with van der Waals surface area (Å²) in [5.41, 5.74) is 3.40. The minimum Gasteiger partial charge on any atom is -0.492 e. The Hall–Kier alpha value is -4.97. The van der Waals surface area contributed by atoms with E-state index in [0.717, 1.165) is 45.7 Å². The van der Waals surface area contributed by atoms with Gasteiger partial charge in [0, 0.05) is 48.7 Å². The second kappa shape index (κ2) is 12.8. The summed E-state index contributed by atoms with van der Waals surface area (Å²) in [5, 5.41) is 22.7. The zero-order chi connectivity index (χ0) is 34.4. The van der Waals surface area contributed by atoms with Crippen LogP contribution in [0.15, 0.2) is 54.9 Å². The zero-order valence-corrected chi connectivity index (χ0v) is 28.3. The van der Waals surface area contributed by atoms with Crippen molar-refractivity contribution in [2.75, 3.05) is 63.2 Å². The van der Waals surface area contributed by atoms with Crippen LogP contribution in [0.3, 0.4) is 0 Å². The Morgan fingerprint density at radius 3 is 2.59 bits per heavy atom. The third kappa shape index (κ3) is 5.57. The number of hydrogen-bond acceptors (Lipinski definition) is 9. The topological polar surface area (TPSA) is 113 Å². The number of halogens is 2. The van der Waals surface area contributed by atoms with Gasteiger partial charge in [-0.15, -0.1) is 0 Å². The lowest BCUT2D eigenvalue weighted by Gasteiger charge is -2.53. The molecule has 0 radical (unpaired) electrons. The molecule has 4 aromatic rings. The van der Waals surface area contributed by atoms with E-state index in [2.05, 4.69) is 57.7 Å². The number of nitrogens with zero attached hydrogens (tertiary/aromatic N) is 8. The summed E-state index contributed by atoms with van der Waals surface area (Å²) < 4.78 is 20.5. The second-order valence-electron chi connectivity index (χ2n) is 13.2. The minimum atomic E-state index is -1.05. The van der Waals surface area contributed by atoms with Gasteiger partial charge in [0.1, 0.15) is 11.6 Å². The molecule has 49 heavy (non-hydrogen) atoms. The summed E-state index contributed by atoms with van der Waals surface area (Å²) in [6.07, 6.45) is 2.02. The maximum absolute atomic E-state index is 14.0. The van der Waals surface area contributed by atoms with E-state index in [4.69, 9.17) is 26.3 Å². The fourth-order valence-corrected chi connectivity index (χ4v) is 7.77. The van der Waals surface area contributed by atoms with Gasteiger partial charge in [0.2, 0.25) is 5.95 Å². The summed E-state index contributed by atoms with van der Waals surface area (Å²) in [6, 6.07) is 18.1. The summed E-state index contributed by atoms with van der Waals surface area (Å²) in [5.74, 6) is 0.0209. The molecule has 0 spiro atoms. The first-order valence-corrected chi connectivity index (χ1v) is 16.8. The highest BCUT2D eigenvalue weighted by atomic mass is 35.5. The van der Waals surface area contributed by atoms with Crippen molar-refractivity contribution < 1.29 is 13.9 Å². The number of fused-ring (bicyclic) bond motifs is 4. The molecule has 0 bridgehead atoms. The first-order chi connectivity index (χ1) is 23.7. The van der Waals surface area contributed by atoms with Crippen molar-refractivity contribution in [3.8, 4) is 29.0 Å². The van der Waals surface area contributed by atoms with Crippen LogP contribution in [-0.2, 0) is 11.2 Å². The molecular weight excluding hydrogens is 643 g/mol. The number of piperazine rings is 1. The van der Waals surface area contributed by atoms with Gasteiger partial charge >= 0.3 is 0 Å². The number of amides is 1. The number of aromatic nitrogens is 2. The van der Waals surface area contributed by atoms with Crippen molar-refractivity contribution >= 4 is 50.9 Å². The Labute approximate surface area is 289 Å². The van der Waals surface area contributed by atoms with Crippen molar-refractivity contribution in [1.29, 1.82) is 10.5 Å². The summed E-state index contributed by atoms with van der Waals surface area (Å²) in [6.45, 7) is 5.71. The highest BCUT2D eigenvalue weighted by Gasteiger charge is 2.46. The number of carbonyl (C=O) groups excluding carboxylic acids is 1. The van der Waals surface area contributed by atoms with E-state index in [1.165, 1.54) is 4.90 Å². The maximum Gasteiger partial charge on any atom is 0.282 e. The Kier molecular flexibility index (Phi) is 8.52. The van der Waals surface area contributed by atoms with Gasteiger partial charge in [0.25, 0.3) is 5.91 Å². The number of likely N-dealkylation sites (N-methyl/N-ethyl adjacent to an activating group) is 1. The van der Waals surface area contributed by atoms with Crippen LogP contribution in [0, 0.1) is 22.7 Å². The van der Waals surface area contributed by atoms with Crippen LogP contribution in [0.1, 0.15) is 24.8 Å². The summed E-state index contributed by atoms with van der Waals surface area (Å²) >= 11 is 6.83. The molecular formula is C37H36ClFN8O2. The SMILES string of the molecule is C=C(F)C(=O)N1CCN(c2nc(N3CC(CC#N)(N(C)C)C3)nc3cc(-c4cccc5cccc(Cl)c45)c4c(c23)OCCC4)CC1CC#N. The van der Waals surface area contributed by atoms with E-state index in [1.54, 1.807) is 0 Å². The van der Waals surface area contributed by atoms with Gasteiger partial charge in [0.15, 0.2) is 5.83 Å². The average Bonchev–Trinajstić information content (AvgIpc) is 3.08. The lowest BCUT2D eigenvalue weighted by atomic mass is 9.85. The molecule has 0 N–H and O–H groups in total. The predicted octanol–water partition coefficient (Wildman–Crippen LogP) is 5.88. The van der Waals surface area contributed by atoms with Crippen LogP contribution in [-0.4, -0.2) is 90.7 Å². The quantitative estimate of drug-likeness (QED) is 0.221. The second-order valence-corrected chi connectivity index (χ2v) is 13.7. The molecule has 1 amide bonds. The number of carbonyl (C=O) groups is 1. The van der Waals surface area contributed by atoms with Crippen molar-refractivity contribution in [3.63, 3.8) is 0 Å². The highest BCUT2D eigenvalue weighted by Crippen LogP contribution is 2.47. The van der Waals surface area contributed by atoms with Crippen molar-refractivity contribution in [3.05, 3.63) is 65.5 Å². The Balaban J connectivity index is 1.42. The van der Waals surface area contributed by atoms with E-state index >= 15 is 0 Å². The largest absolute Gasteiger partial charge is 0.492 e. The van der Waals surface area contributed by atoms with Crippen LogP contribution in [0.4, 0.5) is 16.2 Å². The van der Waals surface area contributed by atoms with Crippen molar-refractivity contribution in [2.45, 2.75) is 37.3 Å². The number of ether oxygens (including phenoxy) is 1. The van der Waals surface area contributed by atoms with Gasteiger partial charge in [0.05, 0.1) is 54.1 Å². The van der Waals surface area contributed by atoms with E-state index in [9.17, 15) is 19.7 Å². The molecule has 2 saturated heterocycles. The molecule has 3 aromatic carbocycles. The standard InChI is InChI=1S/C37H36ClFN8O2/c1-23(39)35(48)47-17-16-45(20-25(47)12-14-40)34-32-30(42-36(43-34)46-21-37(22-46,13-15-41)44(2)3)19-28(27-10-6-18-49-33(27)32)26-9-4-7-24-8-5-11-29(38)31(24)26/h4-5,7-9,11,19,25H,1,6,10,12-13,16-18,20-22H2,2-3H3. The number of anilines is 2. The molecule has 2 fully saturated rings. The molecule has 1 aromatic heterocycles. The average molecular weight is 679 g/mol. The van der Waals surface area contributed by atoms with Gasteiger partial charge in [-0.3, -0.25) is 9.69 Å². The van der Waals surface area contributed by atoms with E-state index < -0.39 is 17.8 Å². The first kappa shape index (κ1) is 32.6. The van der Waals surface area contributed by atoms with Crippen LogP contribution < -0.4 is 14.5 Å². The van der Waals surface area contributed by atoms with E-state index in [1.807, 2.05) is 32.3 Å². The van der Waals surface area contributed by atoms with Gasteiger partial charge in [-0.1, -0.05) is 48.5 Å². The molecule has 1 atom stereocenters. The molecule has 4 heterocycles. The van der Waals surface area contributed by atoms with Gasteiger partial charge < -0.3 is 19.4 Å². The predicted molar refractivity (Wildman–Crippen MR) is 188 cm³/mol. The molecule has 1 unspecified atom stereocenters. The molecule has 3 aliphatic rings. The first-order valence-electron chi connectivity index (χ1n) is 16.4. The van der Waals surface area contributed by atoms with Crippen LogP contribution in [0.2, 0.25) is 5.02 Å². The normalized spacial score (nSPS) is 18.4. The third-order valence-electron chi connectivity index (χ3n) is 10.2. The lowest BCUT2D eigenvalue weighted by molar-refractivity contribution is -0.131. The molecule has 3 aliphatic heterocycles. The Bertz CT molecular complexity index is 2080. The van der Waals surface area contributed by atoms with E-state index in [-0.39, 0.29) is 25.0 Å². The van der Waals surface area contributed by atoms with Crippen LogP contribution in [0.25, 0.3) is 32.8 Å². The van der Waals surface area contributed by atoms with Gasteiger partial charge in [-0.05, 0) is 55.6 Å². The number of rotatable bonds is 7. The lowest BCUT2D eigenvalue weighted by Crippen LogP contribution is -2.69. The number of benzene rings is 3. The van der Waals surface area contributed by atoms with Crippen molar-refractivity contribution in [2.24, 2.45) is 0 Å². The third-order valence-corrected chi connectivity index (χ3v) is 10.5. The smallest absolute Gasteiger partial charge is 0.282 e. The summed E-state index contributed by atoms with van der Waals surface area (Å²) in [7, 11) is 3.96. The summed E-state index contributed by atoms with van der Waals surface area (Å²) in [4.78, 5) is 30.6. The molecule has 250 valence electrons. The van der Waals surface area contributed by atoms with Crippen LogP contribution in [0.5, 0.6) is 5.75 Å². The Morgan fingerprint density at radius 1 is 1.10 bits per heavy atom. The van der Waals surface area contributed by atoms with Gasteiger partial charge in [-0.25, -0.2) is 9.37 Å². The number of nitriles is 2. The van der Waals surface area contributed by atoms with Crippen molar-refractivity contribution in [1.82, 2.24) is 19.8 Å². The molecule has 0 saturated carbocycles. The molecule has 12 heteroatoms. The minimum absolute atomic E-state index is 0.0254. The monoisotopic (exact) mass is 678 g/mol. The molecule has 0 aliphatic carbocycles. The molecule has 7 rings (SSSR count).